The molecule has 0 amide bonds. The second-order valence-corrected chi connectivity index (χ2v) is 3.89. The van der Waals surface area contributed by atoms with Crippen LogP contribution in [0.4, 0.5) is 0 Å². The number of azide groups is 1. The van der Waals surface area contributed by atoms with Crippen molar-refractivity contribution in [2.45, 2.75) is 18.9 Å². The Balaban J connectivity index is 2.46. The highest BCUT2D eigenvalue weighted by Gasteiger charge is 2.30. The van der Waals surface area contributed by atoms with Crippen LogP contribution in [0.15, 0.2) is 5.11 Å². The number of ether oxygens (including phenoxy) is 2. The van der Waals surface area contributed by atoms with Gasteiger partial charge in [-0.25, -0.2) is 0 Å². The van der Waals surface area contributed by atoms with Crippen LogP contribution >= 0.6 is 0 Å². The number of esters is 1. The van der Waals surface area contributed by atoms with Gasteiger partial charge < -0.3 is 14.8 Å². The molecule has 0 radical (unpaired) electrons. The van der Waals surface area contributed by atoms with Crippen molar-refractivity contribution in [2.75, 3.05) is 33.4 Å². The molecule has 0 aliphatic carbocycles. The van der Waals surface area contributed by atoms with Gasteiger partial charge in [0.2, 0.25) is 0 Å². The summed E-state index contributed by atoms with van der Waals surface area (Å²) in [7, 11) is 1.37. The van der Waals surface area contributed by atoms with Crippen LogP contribution in [0.1, 0.15) is 12.8 Å². The molecule has 96 valence electrons. The van der Waals surface area contributed by atoms with Crippen molar-refractivity contribution in [3.05, 3.63) is 10.4 Å². The van der Waals surface area contributed by atoms with Crippen molar-refractivity contribution in [1.82, 2.24) is 5.32 Å². The molecule has 0 aromatic heterocycles. The average molecular weight is 242 g/mol. The monoisotopic (exact) mass is 242 g/mol. The Kier molecular flexibility index (Phi) is 6.39. The van der Waals surface area contributed by atoms with Gasteiger partial charge in [0.25, 0.3) is 0 Å². The third-order valence-corrected chi connectivity index (χ3v) is 2.76. The Hall–Kier alpha value is -1.30. The zero-order chi connectivity index (χ0) is 12.5. The first-order valence-electron chi connectivity index (χ1n) is 5.69. The first-order valence-corrected chi connectivity index (χ1v) is 5.69. The molecule has 1 saturated heterocycles. The lowest BCUT2D eigenvalue weighted by Crippen LogP contribution is -2.47. The van der Waals surface area contributed by atoms with E-state index in [0.29, 0.717) is 19.7 Å². The molecule has 0 bridgehead atoms. The fourth-order valence-corrected chi connectivity index (χ4v) is 1.91. The Morgan fingerprint density at radius 3 is 3.18 bits per heavy atom. The summed E-state index contributed by atoms with van der Waals surface area (Å²) in [6.07, 6.45) is 1.89. The second-order valence-electron chi connectivity index (χ2n) is 3.89. The van der Waals surface area contributed by atoms with Crippen molar-refractivity contribution in [1.29, 1.82) is 0 Å². The average Bonchev–Trinajstić information content (AvgIpc) is 2.39. The fourth-order valence-electron chi connectivity index (χ4n) is 1.91. The molecule has 2 atom stereocenters. The summed E-state index contributed by atoms with van der Waals surface area (Å²) < 4.78 is 10.1. The minimum absolute atomic E-state index is 0.127. The highest BCUT2D eigenvalue weighted by Crippen LogP contribution is 2.18. The van der Waals surface area contributed by atoms with Gasteiger partial charge in [0, 0.05) is 30.5 Å². The van der Waals surface area contributed by atoms with Crippen LogP contribution in [0.25, 0.3) is 10.4 Å². The fraction of sp³-hybridized carbons (Fsp3) is 0.900. The maximum atomic E-state index is 11.6. The van der Waals surface area contributed by atoms with Crippen LogP contribution < -0.4 is 5.32 Å². The number of carbonyl (C=O) groups is 1. The normalized spacial score (nSPS) is 21.4. The van der Waals surface area contributed by atoms with Crippen molar-refractivity contribution >= 4 is 5.97 Å². The predicted molar refractivity (Wildman–Crippen MR) is 61.4 cm³/mol. The maximum Gasteiger partial charge on any atom is 0.323 e. The van der Waals surface area contributed by atoms with Gasteiger partial charge >= 0.3 is 5.97 Å². The summed E-state index contributed by atoms with van der Waals surface area (Å²) in [6.45, 7) is 2.09. The number of nitrogens with zero attached hydrogens (tertiary/aromatic N) is 3. The highest BCUT2D eigenvalue weighted by molar-refractivity contribution is 5.76. The second kappa shape index (κ2) is 7.89. The van der Waals surface area contributed by atoms with Gasteiger partial charge in [-0.2, -0.15) is 0 Å². The van der Waals surface area contributed by atoms with Crippen LogP contribution in [0.2, 0.25) is 0 Å². The zero-order valence-electron chi connectivity index (χ0n) is 9.96. The van der Waals surface area contributed by atoms with Crippen LogP contribution in [0.5, 0.6) is 0 Å². The number of rotatable bonds is 6. The van der Waals surface area contributed by atoms with E-state index in [4.69, 9.17) is 15.0 Å². The number of hydrogen-bond acceptors (Lipinski definition) is 5. The van der Waals surface area contributed by atoms with Crippen molar-refractivity contribution in [3.63, 3.8) is 0 Å². The summed E-state index contributed by atoms with van der Waals surface area (Å²) in [5, 5.41) is 6.46. The van der Waals surface area contributed by atoms with Crippen LogP contribution in [0.3, 0.4) is 0 Å². The standard InChI is InChI=1S/C10H18N4O3/c1-16-10(15)9(12-4-5-13-14-11)8-3-2-6-17-7-8/h8-9,12H,2-7H2,1H3. The van der Waals surface area contributed by atoms with E-state index in [2.05, 4.69) is 15.3 Å². The van der Waals surface area contributed by atoms with E-state index >= 15 is 0 Å². The van der Waals surface area contributed by atoms with E-state index in [1.807, 2.05) is 0 Å². The molecule has 1 N–H and O–H groups in total. The number of hydrogen-bond donors (Lipinski definition) is 1. The van der Waals surface area contributed by atoms with Crippen LogP contribution in [0, 0.1) is 5.92 Å². The third-order valence-electron chi connectivity index (χ3n) is 2.76. The van der Waals surface area contributed by atoms with Gasteiger partial charge in [-0.3, -0.25) is 4.79 Å². The molecule has 1 heterocycles. The molecule has 2 unspecified atom stereocenters. The van der Waals surface area contributed by atoms with E-state index in [1.165, 1.54) is 7.11 Å². The van der Waals surface area contributed by atoms with Gasteiger partial charge in [0.1, 0.15) is 6.04 Å². The first kappa shape index (κ1) is 13.8. The lowest BCUT2D eigenvalue weighted by Gasteiger charge is -2.28. The lowest BCUT2D eigenvalue weighted by atomic mass is 9.93. The molecule has 0 aromatic rings. The third kappa shape index (κ3) is 4.60. The van der Waals surface area contributed by atoms with Gasteiger partial charge in [-0.15, -0.1) is 0 Å². The Morgan fingerprint density at radius 1 is 1.76 bits per heavy atom. The summed E-state index contributed by atoms with van der Waals surface area (Å²) in [5.41, 5.74) is 8.15. The topological polar surface area (TPSA) is 96.3 Å². The van der Waals surface area contributed by atoms with Crippen LogP contribution in [-0.4, -0.2) is 45.4 Å². The summed E-state index contributed by atoms with van der Waals surface area (Å²) in [6, 6.07) is -0.380. The van der Waals surface area contributed by atoms with Crippen LogP contribution in [-0.2, 0) is 14.3 Å². The highest BCUT2D eigenvalue weighted by atomic mass is 16.5. The van der Waals surface area contributed by atoms with Crippen molar-refractivity contribution in [3.8, 4) is 0 Å². The molecule has 7 nitrogen and oxygen atoms in total. The van der Waals surface area contributed by atoms with Gasteiger partial charge in [-0.1, -0.05) is 5.11 Å². The molecule has 17 heavy (non-hydrogen) atoms. The molecule has 1 aliphatic rings. The molecule has 1 aliphatic heterocycles. The molecular formula is C10H18N4O3. The van der Waals surface area contributed by atoms with Gasteiger partial charge in [0.05, 0.1) is 13.7 Å². The van der Waals surface area contributed by atoms with Gasteiger partial charge in [-0.05, 0) is 18.4 Å². The molecule has 1 rings (SSSR count). The molecule has 7 heteroatoms. The quantitative estimate of drug-likeness (QED) is 0.245. The smallest absolute Gasteiger partial charge is 0.323 e. The van der Waals surface area contributed by atoms with Gasteiger partial charge in [0.15, 0.2) is 0 Å². The van der Waals surface area contributed by atoms with E-state index in [0.717, 1.165) is 19.4 Å². The number of methoxy groups -OCH3 is 1. The summed E-state index contributed by atoms with van der Waals surface area (Å²) in [5.74, 6) is -0.163. The number of carbonyl (C=O) groups excluding carboxylic acids is 1. The molecule has 0 spiro atoms. The molecule has 0 aromatic carbocycles. The first-order chi connectivity index (χ1) is 8.29. The molecule has 1 fully saturated rings. The minimum atomic E-state index is -0.380. The lowest BCUT2D eigenvalue weighted by molar-refractivity contribution is -0.146. The maximum absolute atomic E-state index is 11.6. The number of nitrogens with one attached hydrogen (secondary N) is 1. The van der Waals surface area contributed by atoms with Crippen molar-refractivity contribution in [2.24, 2.45) is 11.0 Å². The minimum Gasteiger partial charge on any atom is -0.468 e. The van der Waals surface area contributed by atoms with Crippen molar-refractivity contribution < 1.29 is 14.3 Å². The molecular weight excluding hydrogens is 224 g/mol. The van der Waals surface area contributed by atoms with E-state index in [-0.39, 0.29) is 17.9 Å². The SMILES string of the molecule is COC(=O)C(NCCN=[N+]=[N-])C1CCCOC1. The Labute approximate surface area is 100 Å². The van der Waals surface area contributed by atoms with E-state index < -0.39 is 0 Å². The van der Waals surface area contributed by atoms with E-state index in [1.54, 1.807) is 0 Å². The zero-order valence-corrected chi connectivity index (χ0v) is 9.96. The summed E-state index contributed by atoms with van der Waals surface area (Å²) in [4.78, 5) is 14.3. The molecule has 0 saturated carbocycles. The van der Waals surface area contributed by atoms with E-state index in [9.17, 15) is 4.79 Å². The Morgan fingerprint density at radius 2 is 2.59 bits per heavy atom. The predicted octanol–water partition coefficient (Wildman–Crippen LogP) is 0.854. The largest absolute Gasteiger partial charge is 0.468 e. The Bertz CT molecular complexity index is 285. The summed E-state index contributed by atoms with van der Waals surface area (Å²) >= 11 is 0.